The van der Waals surface area contributed by atoms with E-state index in [0.29, 0.717) is 11.5 Å². The average molecular weight is 216 g/mol. The largest absolute Gasteiger partial charge is 0.368 e. The molecule has 0 radical (unpaired) electrons. The van der Waals surface area contributed by atoms with E-state index in [2.05, 4.69) is 22.9 Å². The molecule has 0 saturated carbocycles. The molecule has 1 aromatic heterocycles. The molecule has 16 heavy (non-hydrogen) atoms. The Kier molecular flexibility index (Phi) is 3.07. The molecule has 2 rings (SSSR count). The number of anilines is 1. The van der Waals surface area contributed by atoms with Crippen LogP contribution < -0.4 is 10.6 Å². The first kappa shape index (κ1) is 10.9. The van der Waals surface area contributed by atoms with E-state index in [-0.39, 0.29) is 6.04 Å². The van der Waals surface area contributed by atoms with Crippen LogP contribution in [0.25, 0.3) is 0 Å². The molecule has 1 aliphatic heterocycles. The SMILES string of the molecule is CC1CCN(c2cnccc2C#N)CC1N. The van der Waals surface area contributed by atoms with Gasteiger partial charge in [-0.05, 0) is 18.4 Å². The summed E-state index contributed by atoms with van der Waals surface area (Å²) in [4.78, 5) is 6.24. The van der Waals surface area contributed by atoms with E-state index in [1.54, 1.807) is 18.5 Å². The van der Waals surface area contributed by atoms with Crippen LogP contribution in [0.2, 0.25) is 0 Å². The maximum atomic E-state index is 9.03. The summed E-state index contributed by atoms with van der Waals surface area (Å²) in [6.45, 7) is 3.94. The fourth-order valence-electron chi connectivity index (χ4n) is 2.05. The lowest BCUT2D eigenvalue weighted by atomic mass is 9.94. The lowest BCUT2D eigenvalue weighted by molar-refractivity contribution is 0.379. The summed E-state index contributed by atoms with van der Waals surface area (Å²) in [5, 5.41) is 9.03. The molecule has 0 amide bonds. The Morgan fingerprint density at radius 1 is 1.62 bits per heavy atom. The molecule has 0 bridgehead atoms. The minimum Gasteiger partial charge on any atom is -0.368 e. The maximum Gasteiger partial charge on any atom is 0.101 e. The Labute approximate surface area is 95.7 Å². The highest BCUT2D eigenvalue weighted by atomic mass is 15.2. The second-order valence-corrected chi connectivity index (χ2v) is 4.38. The number of rotatable bonds is 1. The van der Waals surface area contributed by atoms with Gasteiger partial charge in [-0.2, -0.15) is 5.26 Å². The fraction of sp³-hybridized carbons (Fsp3) is 0.500. The smallest absolute Gasteiger partial charge is 0.101 e. The summed E-state index contributed by atoms with van der Waals surface area (Å²) in [7, 11) is 0. The summed E-state index contributed by atoms with van der Waals surface area (Å²) in [5.41, 5.74) is 7.64. The number of pyridine rings is 1. The minimum absolute atomic E-state index is 0.181. The summed E-state index contributed by atoms with van der Waals surface area (Å²) in [6.07, 6.45) is 4.47. The summed E-state index contributed by atoms with van der Waals surface area (Å²) in [5.74, 6) is 0.554. The number of nitrogens with two attached hydrogens (primary N) is 1. The van der Waals surface area contributed by atoms with Crippen LogP contribution in [-0.2, 0) is 0 Å². The quantitative estimate of drug-likeness (QED) is 0.764. The molecular weight excluding hydrogens is 200 g/mol. The van der Waals surface area contributed by atoms with Gasteiger partial charge in [-0.1, -0.05) is 6.92 Å². The fourth-order valence-corrected chi connectivity index (χ4v) is 2.05. The Morgan fingerprint density at radius 3 is 3.12 bits per heavy atom. The van der Waals surface area contributed by atoms with E-state index >= 15 is 0 Å². The van der Waals surface area contributed by atoms with E-state index in [4.69, 9.17) is 11.0 Å². The standard InChI is InChI=1S/C12H16N4/c1-9-3-5-16(8-11(9)14)12-7-15-4-2-10(12)6-13/h2,4,7,9,11H,3,5,8,14H2,1H3. The third-order valence-corrected chi connectivity index (χ3v) is 3.28. The van der Waals surface area contributed by atoms with Crippen LogP contribution in [0.1, 0.15) is 18.9 Å². The lowest BCUT2D eigenvalue weighted by Gasteiger charge is -2.36. The zero-order valence-corrected chi connectivity index (χ0v) is 9.43. The molecule has 4 nitrogen and oxygen atoms in total. The van der Waals surface area contributed by atoms with Gasteiger partial charge >= 0.3 is 0 Å². The first-order valence-corrected chi connectivity index (χ1v) is 5.57. The highest BCUT2D eigenvalue weighted by Gasteiger charge is 2.24. The van der Waals surface area contributed by atoms with Crippen molar-refractivity contribution in [2.75, 3.05) is 18.0 Å². The van der Waals surface area contributed by atoms with E-state index in [0.717, 1.165) is 25.2 Å². The Morgan fingerprint density at radius 2 is 2.44 bits per heavy atom. The molecule has 84 valence electrons. The average Bonchev–Trinajstić information content (AvgIpc) is 2.32. The molecule has 0 spiro atoms. The van der Waals surface area contributed by atoms with E-state index in [1.165, 1.54) is 0 Å². The molecule has 0 aromatic carbocycles. The van der Waals surface area contributed by atoms with Gasteiger partial charge in [-0.3, -0.25) is 4.98 Å². The van der Waals surface area contributed by atoms with Crippen LogP contribution >= 0.6 is 0 Å². The molecular formula is C12H16N4. The summed E-state index contributed by atoms with van der Waals surface area (Å²) in [6, 6.07) is 4.13. The van der Waals surface area contributed by atoms with Crippen molar-refractivity contribution in [1.82, 2.24) is 4.98 Å². The lowest BCUT2D eigenvalue weighted by Crippen LogP contribution is -2.47. The molecule has 2 atom stereocenters. The van der Waals surface area contributed by atoms with Crippen LogP contribution in [-0.4, -0.2) is 24.1 Å². The van der Waals surface area contributed by atoms with Gasteiger partial charge in [0.25, 0.3) is 0 Å². The third kappa shape index (κ3) is 2.00. The van der Waals surface area contributed by atoms with Crippen LogP contribution in [0.5, 0.6) is 0 Å². The predicted octanol–water partition coefficient (Wildman–Crippen LogP) is 1.13. The van der Waals surface area contributed by atoms with Gasteiger partial charge in [0.2, 0.25) is 0 Å². The maximum absolute atomic E-state index is 9.03. The first-order valence-electron chi connectivity index (χ1n) is 5.57. The van der Waals surface area contributed by atoms with Crippen molar-refractivity contribution in [3.05, 3.63) is 24.0 Å². The molecule has 0 aliphatic carbocycles. The number of piperidine rings is 1. The number of hydrogen-bond acceptors (Lipinski definition) is 4. The summed E-state index contributed by atoms with van der Waals surface area (Å²) < 4.78 is 0. The van der Waals surface area contributed by atoms with Crippen LogP contribution in [0.3, 0.4) is 0 Å². The Bertz CT molecular complexity index is 410. The van der Waals surface area contributed by atoms with Gasteiger partial charge < -0.3 is 10.6 Å². The van der Waals surface area contributed by atoms with Crippen molar-refractivity contribution < 1.29 is 0 Å². The predicted molar refractivity (Wildman–Crippen MR) is 62.9 cm³/mol. The van der Waals surface area contributed by atoms with Crippen molar-refractivity contribution in [3.63, 3.8) is 0 Å². The molecule has 1 aliphatic rings. The van der Waals surface area contributed by atoms with Gasteiger partial charge in [-0.15, -0.1) is 0 Å². The molecule has 1 saturated heterocycles. The minimum atomic E-state index is 0.181. The van der Waals surface area contributed by atoms with Gasteiger partial charge in [0.15, 0.2) is 0 Å². The molecule has 1 fully saturated rings. The molecule has 1 aromatic rings. The number of nitrogens with zero attached hydrogens (tertiary/aromatic N) is 3. The van der Waals surface area contributed by atoms with Crippen molar-refractivity contribution in [3.8, 4) is 6.07 Å². The van der Waals surface area contributed by atoms with Crippen LogP contribution in [0.15, 0.2) is 18.5 Å². The van der Waals surface area contributed by atoms with Gasteiger partial charge in [0, 0.05) is 25.3 Å². The topological polar surface area (TPSA) is 65.9 Å². The number of aromatic nitrogens is 1. The highest BCUT2D eigenvalue weighted by molar-refractivity contribution is 5.57. The second kappa shape index (κ2) is 4.50. The van der Waals surface area contributed by atoms with Crippen molar-refractivity contribution in [2.45, 2.75) is 19.4 Å². The molecule has 2 N–H and O–H groups in total. The van der Waals surface area contributed by atoms with Gasteiger partial charge in [0.05, 0.1) is 17.4 Å². The zero-order valence-electron chi connectivity index (χ0n) is 9.43. The highest BCUT2D eigenvalue weighted by Crippen LogP contribution is 2.24. The molecule has 2 unspecified atom stereocenters. The van der Waals surface area contributed by atoms with E-state index < -0.39 is 0 Å². The van der Waals surface area contributed by atoms with Crippen molar-refractivity contribution >= 4 is 5.69 Å². The number of nitriles is 1. The number of hydrogen-bond donors (Lipinski definition) is 1. The summed E-state index contributed by atoms with van der Waals surface area (Å²) >= 11 is 0. The van der Waals surface area contributed by atoms with Crippen LogP contribution in [0, 0.1) is 17.2 Å². The normalized spacial score (nSPS) is 25.2. The van der Waals surface area contributed by atoms with Gasteiger partial charge in [0.1, 0.15) is 6.07 Å². The zero-order chi connectivity index (χ0) is 11.5. The molecule has 4 heteroatoms. The molecule has 2 heterocycles. The van der Waals surface area contributed by atoms with E-state index in [1.807, 2.05) is 0 Å². The second-order valence-electron chi connectivity index (χ2n) is 4.38. The van der Waals surface area contributed by atoms with E-state index in [9.17, 15) is 0 Å². The van der Waals surface area contributed by atoms with Crippen molar-refractivity contribution in [1.29, 1.82) is 5.26 Å². The van der Waals surface area contributed by atoms with Crippen molar-refractivity contribution in [2.24, 2.45) is 11.7 Å². The Hall–Kier alpha value is -1.60. The first-order chi connectivity index (χ1) is 7.72. The van der Waals surface area contributed by atoms with Crippen LogP contribution in [0.4, 0.5) is 5.69 Å². The third-order valence-electron chi connectivity index (χ3n) is 3.28. The monoisotopic (exact) mass is 216 g/mol. The Balaban J connectivity index is 2.22. The van der Waals surface area contributed by atoms with Gasteiger partial charge in [-0.25, -0.2) is 0 Å².